The normalized spacial score (nSPS) is 21.1. The van der Waals surface area contributed by atoms with Crippen LogP contribution in [0.4, 0.5) is 5.69 Å². The Morgan fingerprint density at radius 2 is 2.07 bits per heavy atom. The Kier molecular flexibility index (Phi) is 2.91. The van der Waals surface area contributed by atoms with E-state index in [0.29, 0.717) is 0 Å². The summed E-state index contributed by atoms with van der Waals surface area (Å²) < 4.78 is 0. The Labute approximate surface area is 91.1 Å². The topological polar surface area (TPSA) is 27.0 Å². The molecule has 1 aliphatic heterocycles. The molecule has 1 atom stereocenters. The summed E-state index contributed by atoms with van der Waals surface area (Å²) in [5.41, 5.74) is 1.99. The molecule has 0 radical (unpaired) electrons. The maximum atomic E-state index is 8.72. The van der Waals surface area contributed by atoms with Crippen molar-refractivity contribution in [2.24, 2.45) is 5.92 Å². The van der Waals surface area contributed by atoms with Crippen LogP contribution < -0.4 is 4.90 Å². The number of nitrogens with zero attached hydrogens (tertiary/aromatic N) is 2. The van der Waals surface area contributed by atoms with E-state index in [1.54, 1.807) is 0 Å². The molecular formula is C13H16N2. The monoisotopic (exact) mass is 200 g/mol. The number of nitriles is 1. The van der Waals surface area contributed by atoms with E-state index in [0.717, 1.165) is 24.6 Å². The van der Waals surface area contributed by atoms with Crippen LogP contribution in [0.2, 0.25) is 0 Å². The fourth-order valence-corrected chi connectivity index (χ4v) is 2.17. The van der Waals surface area contributed by atoms with Gasteiger partial charge in [-0.15, -0.1) is 0 Å². The minimum atomic E-state index is 0.740. The van der Waals surface area contributed by atoms with E-state index >= 15 is 0 Å². The van der Waals surface area contributed by atoms with Crippen molar-refractivity contribution in [1.82, 2.24) is 0 Å². The first-order chi connectivity index (χ1) is 7.29. The average molecular weight is 200 g/mol. The van der Waals surface area contributed by atoms with Gasteiger partial charge in [0, 0.05) is 18.8 Å². The van der Waals surface area contributed by atoms with Crippen LogP contribution in [0.15, 0.2) is 24.3 Å². The molecule has 0 spiro atoms. The van der Waals surface area contributed by atoms with Crippen molar-refractivity contribution >= 4 is 5.69 Å². The molecule has 1 aromatic rings. The van der Waals surface area contributed by atoms with Crippen LogP contribution in [0, 0.1) is 17.2 Å². The molecule has 2 heteroatoms. The highest BCUT2D eigenvalue weighted by molar-refractivity contribution is 5.49. The van der Waals surface area contributed by atoms with Gasteiger partial charge in [-0.25, -0.2) is 0 Å². The maximum absolute atomic E-state index is 8.72. The fourth-order valence-electron chi connectivity index (χ4n) is 2.17. The molecule has 78 valence electrons. The van der Waals surface area contributed by atoms with Crippen LogP contribution in [0.25, 0.3) is 0 Å². The fraction of sp³-hybridized carbons (Fsp3) is 0.462. The van der Waals surface area contributed by atoms with Crippen LogP contribution >= 0.6 is 0 Å². The number of benzene rings is 1. The first-order valence-electron chi connectivity index (χ1n) is 5.54. The minimum Gasteiger partial charge on any atom is -0.371 e. The van der Waals surface area contributed by atoms with Crippen molar-refractivity contribution in [3.05, 3.63) is 29.8 Å². The minimum absolute atomic E-state index is 0.740. The van der Waals surface area contributed by atoms with Gasteiger partial charge in [-0.05, 0) is 43.0 Å². The Morgan fingerprint density at radius 3 is 2.67 bits per heavy atom. The van der Waals surface area contributed by atoms with Crippen LogP contribution in [0.1, 0.15) is 25.3 Å². The summed E-state index contributed by atoms with van der Waals surface area (Å²) in [6, 6.07) is 10.0. The van der Waals surface area contributed by atoms with Crippen LogP contribution in [-0.2, 0) is 0 Å². The van der Waals surface area contributed by atoms with Crippen molar-refractivity contribution in [3.8, 4) is 6.07 Å². The SMILES string of the molecule is C[C@H]1CCCN(c2ccc(C#N)cc2)C1. The van der Waals surface area contributed by atoms with E-state index < -0.39 is 0 Å². The lowest BCUT2D eigenvalue weighted by molar-refractivity contribution is 0.447. The molecule has 2 rings (SSSR count). The third kappa shape index (κ3) is 2.30. The van der Waals surface area contributed by atoms with E-state index in [1.165, 1.54) is 18.5 Å². The summed E-state index contributed by atoms with van der Waals surface area (Å²) in [6.45, 7) is 4.60. The first-order valence-corrected chi connectivity index (χ1v) is 5.54. The second-order valence-electron chi connectivity index (χ2n) is 4.35. The lowest BCUT2D eigenvalue weighted by Crippen LogP contribution is -2.34. The molecule has 1 heterocycles. The number of rotatable bonds is 1. The van der Waals surface area contributed by atoms with Crippen LogP contribution in [-0.4, -0.2) is 13.1 Å². The van der Waals surface area contributed by atoms with E-state index in [9.17, 15) is 0 Å². The molecule has 15 heavy (non-hydrogen) atoms. The number of hydrogen-bond acceptors (Lipinski definition) is 2. The van der Waals surface area contributed by atoms with Crippen LogP contribution in [0.3, 0.4) is 0 Å². The van der Waals surface area contributed by atoms with Gasteiger partial charge in [0.1, 0.15) is 0 Å². The molecule has 0 unspecified atom stereocenters. The average Bonchev–Trinajstić information content (AvgIpc) is 2.29. The smallest absolute Gasteiger partial charge is 0.0991 e. The standard InChI is InChI=1S/C13H16N2/c1-11-3-2-8-15(10-11)13-6-4-12(9-14)5-7-13/h4-7,11H,2-3,8,10H2,1H3/t11-/m0/s1. The summed E-state index contributed by atoms with van der Waals surface area (Å²) in [5, 5.41) is 8.72. The van der Waals surface area contributed by atoms with Crippen molar-refractivity contribution in [2.45, 2.75) is 19.8 Å². The predicted octanol–water partition coefficient (Wildman–Crippen LogP) is 2.79. The van der Waals surface area contributed by atoms with Gasteiger partial charge in [-0.2, -0.15) is 5.26 Å². The highest BCUT2D eigenvalue weighted by Gasteiger charge is 2.16. The summed E-state index contributed by atoms with van der Waals surface area (Å²) in [4.78, 5) is 2.41. The highest BCUT2D eigenvalue weighted by Crippen LogP contribution is 2.22. The summed E-state index contributed by atoms with van der Waals surface area (Å²) in [6.07, 6.45) is 2.62. The zero-order chi connectivity index (χ0) is 10.7. The van der Waals surface area contributed by atoms with Crippen LogP contribution in [0.5, 0.6) is 0 Å². The quantitative estimate of drug-likeness (QED) is 0.697. The maximum Gasteiger partial charge on any atom is 0.0991 e. The molecule has 0 bridgehead atoms. The summed E-state index contributed by atoms with van der Waals surface area (Å²) >= 11 is 0. The van der Waals surface area contributed by atoms with Crippen molar-refractivity contribution < 1.29 is 0 Å². The van der Waals surface area contributed by atoms with E-state index in [1.807, 2.05) is 12.1 Å². The number of piperidine rings is 1. The van der Waals surface area contributed by atoms with Gasteiger partial charge in [0.25, 0.3) is 0 Å². The third-order valence-electron chi connectivity index (χ3n) is 3.02. The van der Waals surface area contributed by atoms with E-state index in [4.69, 9.17) is 5.26 Å². The molecule has 2 nitrogen and oxygen atoms in total. The predicted molar refractivity (Wildman–Crippen MR) is 61.8 cm³/mol. The van der Waals surface area contributed by atoms with Gasteiger partial charge in [-0.1, -0.05) is 6.92 Å². The Bertz CT molecular complexity index is 361. The van der Waals surface area contributed by atoms with Gasteiger partial charge < -0.3 is 4.90 Å². The molecule has 1 aromatic carbocycles. The second-order valence-corrected chi connectivity index (χ2v) is 4.35. The van der Waals surface area contributed by atoms with Crippen molar-refractivity contribution in [2.75, 3.05) is 18.0 Å². The van der Waals surface area contributed by atoms with Gasteiger partial charge in [0.15, 0.2) is 0 Å². The molecule has 0 aliphatic carbocycles. The first kappa shape index (κ1) is 10.0. The summed E-state index contributed by atoms with van der Waals surface area (Å²) in [7, 11) is 0. The van der Waals surface area contributed by atoms with Crippen molar-refractivity contribution in [1.29, 1.82) is 5.26 Å². The number of anilines is 1. The molecule has 1 saturated heterocycles. The van der Waals surface area contributed by atoms with Crippen molar-refractivity contribution in [3.63, 3.8) is 0 Å². The zero-order valence-corrected chi connectivity index (χ0v) is 9.11. The molecule has 0 saturated carbocycles. The molecule has 1 aliphatic rings. The molecule has 0 amide bonds. The molecule has 0 N–H and O–H groups in total. The third-order valence-corrected chi connectivity index (χ3v) is 3.02. The second kappa shape index (κ2) is 4.35. The highest BCUT2D eigenvalue weighted by atomic mass is 15.1. The zero-order valence-electron chi connectivity index (χ0n) is 9.11. The lowest BCUT2D eigenvalue weighted by atomic mass is 9.99. The molecule has 0 aromatic heterocycles. The Morgan fingerprint density at radius 1 is 1.33 bits per heavy atom. The van der Waals surface area contributed by atoms with E-state index in [-0.39, 0.29) is 0 Å². The Hall–Kier alpha value is -1.49. The Balaban J connectivity index is 2.12. The van der Waals surface area contributed by atoms with Gasteiger partial charge >= 0.3 is 0 Å². The molecular weight excluding hydrogens is 184 g/mol. The molecule has 1 fully saturated rings. The van der Waals surface area contributed by atoms with Gasteiger partial charge in [-0.3, -0.25) is 0 Å². The van der Waals surface area contributed by atoms with Gasteiger partial charge in [0.05, 0.1) is 11.6 Å². The largest absolute Gasteiger partial charge is 0.371 e. The summed E-state index contributed by atoms with van der Waals surface area (Å²) in [5.74, 6) is 0.786. The number of hydrogen-bond donors (Lipinski definition) is 0. The van der Waals surface area contributed by atoms with E-state index in [2.05, 4.69) is 30.0 Å². The van der Waals surface area contributed by atoms with Gasteiger partial charge in [0.2, 0.25) is 0 Å². The lowest BCUT2D eigenvalue weighted by Gasteiger charge is -2.32.